The van der Waals surface area contributed by atoms with Crippen LogP contribution in [0.15, 0.2) is 48.5 Å². The molecule has 2 aromatic carbocycles. The van der Waals surface area contributed by atoms with Crippen LogP contribution in [0.2, 0.25) is 0 Å². The highest BCUT2D eigenvalue weighted by molar-refractivity contribution is 5.78. The summed E-state index contributed by atoms with van der Waals surface area (Å²) in [6.07, 6.45) is 1.91. The highest BCUT2D eigenvalue weighted by Gasteiger charge is 2.30. The van der Waals surface area contributed by atoms with Crippen LogP contribution in [0, 0.1) is 11.3 Å². The molecule has 1 amide bonds. The highest BCUT2D eigenvalue weighted by Crippen LogP contribution is 2.33. The van der Waals surface area contributed by atoms with E-state index in [-0.39, 0.29) is 18.6 Å². The molecule has 134 valence electrons. The summed E-state index contributed by atoms with van der Waals surface area (Å²) in [6.45, 7) is 3.25. The predicted octanol–water partition coefficient (Wildman–Crippen LogP) is 3.70. The van der Waals surface area contributed by atoms with Crippen LogP contribution in [-0.2, 0) is 4.79 Å². The Kier molecular flexibility index (Phi) is 5.75. The molecule has 5 heteroatoms. The zero-order valence-corrected chi connectivity index (χ0v) is 14.9. The number of hydrogen-bond acceptors (Lipinski definition) is 4. The van der Waals surface area contributed by atoms with Crippen molar-refractivity contribution in [3.8, 4) is 17.6 Å². The Morgan fingerprint density at radius 1 is 1.19 bits per heavy atom. The van der Waals surface area contributed by atoms with Gasteiger partial charge in [-0.05, 0) is 49.6 Å². The number of hydrogen-bond donors (Lipinski definition) is 0. The Labute approximate surface area is 153 Å². The van der Waals surface area contributed by atoms with Gasteiger partial charge < -0.3 is 14.4 Å². The standard InChI is InChI=1S/C21H22N2O3/c1-2-25-18-11-9-16(10-12-18)19-7-5-13-23(19)21(24)15-26-20-8-4-3-6-17(20)14-22/h3-4,6,8-12,19H,2,5,7,13,15H2,1H3/t19-/m0/s1. The molecule has 1 aliphatic rings. The molecule has 1 fully saturated rings. The molecule has 26 heavy (non-hydrogen) atoms. The second-order valence-electron chi connectivity index (χ2n) is 6.14. The van der Waals surface area contributed by atoms with Crippen LogP contribution < -0.4 is 9.47 Å². The number of ether oxygens (including phenoxy) is 2. The zero-order valence-electron chi connectivity index (χ0n) is 14.9. The third-order valence-electron chi connectivity index (χ3n) is 4.51. The summed E-state index contributed by atoms with van der Waals surface area (Å²) in [7, 11) is 0. The van der Waals surface area contributed by atoms with Crippen LogP contribution in [0.25, 0.3) is 0 Å². The number of para-hydroxylation sites is 1. The van der Waals surface area contributed by atoms with Crippen molar-refractivity contribution >= 4 is 5.91 Å². The number of likely N-dealkylation sites (tertiary alicyclic amines) is 1. The lowest BCUT2D eigenvalue weighted by atomic mass is 10.0. The van der Waals surface area contributed by atoms with Gasteiger partial charge in [0.2, 0.25) is 0 Å². The number of nitriles is 1. The molecule has 0 aliphatic carbocycles. The first kappa shape index (κ1) is 17.8. The van der Waals surface area contributed by atoms with Crippen LogP contribution in [0.1, 0.15) is 36.9 Å². The number of carbonyl (C=O) groups excluding carboxylic acids is 1. The Morgan fingerprint density at radius 2 is 1.96 bits per heavy atom. The summed E-state index contributed by atoms with van der Waals surface area (Å²) >= 11 is 0. The molecule has 0 unspecified atom stereocenters. The fourth-order valence-electron chi connectivity index (χ4n) is 3.27. The third-order valence-corrected chi connectivity index (χ3v) is 4.51. The molecule has 0 saturated carbocycles. The second kappa shape index (κ2) is 8.39. The molecule has 0 N–H and O–H groups in total. The summed E-state index contributed by atoms with van der Waals surface area (Å²) in [4.78, 5) is 14.5. The van der Waals surface area contributed by atoms with E-state index in [0.717, 1.165) is 30.7 Å². The highest BCUT2D eigenvalue weighted by atomic mass is 16.5. The van der Waals surface area contributed by atoms with Crippen molar-refractivity contribution in [2.24, 2.45) is 0 Å². The maximum absolute atomic E-state index is 12.7. The maximum atomic E-state index is 12.7. The molecule has 1 aliphatic heterocycles. The maximum Gasteiger partial charge on any atom is 0.261 e. The molecule has 3 rings (SSSR count). The van der Waals surface area contributed by atoms with Gasteiger partial charge in [0.05, 0.1) is 18.2 Å². The Morgan fingerprint density at radius 3 is 2.69 bits per heavy atom. The quantitative estimate of drug-likeness (QED) is 0.797. The van der Waals surface area contributed by atoms with Crippen molar-refractivity contribution < 1.29 is 14.3 Å². The summed E-state index contributed by atoms with van der Waals surface area (Å²) < 4.78 is 11.1. The Hall–Kier alpha value is -3.00. The topological polar surface area (TPSA) is 62.6 Å². The number of benzene rings is 2. The van der Waals surface area contributed by atoms with Gasteiger partial charge in [0.25, 0.3) is 5.91 Å². The van der Waals surface area contributed by atoms with Gasteiger partial charge in [-0.3, -0.25) is 4.79 Å². The number of nitrogens with zero attached hydrogens (tertiary/aromatic N) is 2. The van der Waals surface area contributed by atoms with E-state index in [0.29, 0.717) is 17.9 Å². The molecule has 0 spiro atoms. The van der Waals surface area contributed by atoms with E-state index in [1.54, 1.807) is 24.3 Å². The van der Waals surface area contributed by atoms with Gasteiger partial charge in [0, 0.05) is 6.54 Å². The first-order valence-electron chi connectivity index (χ1n) is 8.87. The largest absolute Gasteiger partial charge is 0.494 e. The van der Waals surface area contributed by atoms with E-state index in [2.05, 4.69) is 6.07 Å². The van der Waals surface area contributed by atoms with Gasteiger partial charge in [0.15, 0.2) is 6.61 Å². The smallest absolute Gasteiger partial charge is 0.261 e. The van der Waals surface area contributed by atoms with Crippen molar-refractivity contribution in [2.75, 3.05) is 19.8 Å². The SMILES string of the molecule is CCOc1ccc([C@@H]2CCCN2C(=O)COc2ccccc2C#N)cc1. The monoisotopic (exact) mass is 350 g/mol. The first-order valence-corrected chi connectivity index (χ1v) is 8.87. The van der Waals surface area contributed by atoms with Crippen LogP contribution >= 0.6 is 0 Å². The van der Waals surface area contributed by atoms with E-state index >= 15 is 0 Å². The Balaban J connectivity index is 1.65. The molecule has 1 saturated heterocycles. The summed E-state index contributed by atoms with van der Waals surface area (Å²) in [5.41, 5.74) is 1.54. The van der Waals surface area contributed by atoms with Crippen molar-refractivity contribution in [2.45, 2.75) is 25.8 Å². The minimum Gasteiger partial charge on any atom is -0.494 e. The zero-order chi connectivity index (χ0) is 18.4. The molecular formula is C21H22N2O3. The van der Waals surface area contributed by atoms with Gasteiger partial charge in [-0.2, -0.15) is 5.26 Å². The van der Waals surface area contributed by atoms with Gasteiger partial charge in [-0.1, -0.05) is 24.3 Å². The van der Waals surface area contributed by atoms with Crippen LogP contribution in [0.3, 0.4) is 0 Å². The molecule has 0 bridgehead atoms. The number of amides is 1. The van der Waals surface area contributed by atoms with Crippen molar-refractivity contribution in [1.29, 1.82) is 5.26 Å². The lowest BCUT2D eigenvalue weighted by molar-refractivity contribution is -0.134. The van der Waals surface area contributed by atoms with E-state index in [1.165, 1.54) is 0 Å². The molecule has 0 radical (unpaired) electrons. The summed E-state index contributed by atoms with van der Waals surface area (Å²) in [5, 5.41) is 9.11. The van der Waals surface area contributed by atoms with Crippen LogP contribution in [0.4, 0.5) is 0 Å². The Bertz CT molecular complexity index is 796. The van der Waals surface area contributed by atoms with Gasteiger partial charge >= 0.3 is 0 Å². The van der Waals surface area contributed by atoms with Crippen molar-refractivity contribution in [3.05, 3.63) is 59.7 Å². The van der Waals surface area contributed by atoms with Gasteiger partial charge in [-0.15, -0.1) is 0 Å². The van der Waals surface area contributed by atoms with Gasteiger partial charge in [-0.25, -0.2) is 0 Å². The van der Waals surface area contributed by atoms with E-state index in [1.807, 2.05) is 36.1 Å². The second-order valence-corrected chi connectivity index (χ2v) is 6.14. The average Bonchev–Trinajstić information content (AvgIpc) is 3.17. The van der Waals surface area contributed by atoms with Crippen LogP contribution in [-0.4, -0.2) is 30.6 Å². The fourth-order valence-corrected chi connectivity index (χ4v) is 3.27. The molecule has 1 heterocycles. The molecule has 5 nitrogen and oxygen atoms in total. The minimum atomic E-state index is -0.0633. The molecule has 0 aromatic heterocycles. The third kappa shape index (κ3) is 3.97. The lowest BCUT2D eigenvalue weighted by Gasteiger charge is -2.25. The summed E-state index contributed by atoms with van der Waals surface area (Å²) in [6, 6.07) is 17.0. The fraction of sp³-hybridized carbons (Fsp3) is 0.333. The van der Waals surface area contributed by atoms with Gasteiger partial charge in [0.1, 0.15) is 17.6 Å². The minimum absolute atomic E-state index is 0.0610. The average molecular weight is 350 g/mol. The van der Waals surface area contributed by atoms with Crippen molar-refractivity contribution in [1.82, 2.24) is 4.90 Å². The predicted molar refractivity (Wildman–Crippen MR) is 98.0 cm³/mol. The van der Waals surface area contributed by atoms with E-state index in [9.17, 15) is 4.79 Å². The lowest BCUT2D eigenvalue weighted by Crippen LogP contribution is -2.34. The molecule has 1 atom stereocenters. The summed E-state index contributed by atoms with van der Waals surface area (Å²) in [5.74, 6) is 1.22. The van der Waals surface area contributed by atoms with E-state index < -0.39 is 0 Å². The normalized spacial score (nSPS) is 16.2. The van der Waals surface area contributed by atoms with Crippen molar-refractivity contribution in [3.63, 3.8) is 0 Å². The first-order chi connectivity index (χ1) is 12.7. The van der Waals surface area contributed by atoms with E-state index in [4.69, 9.17) is 14.7 Å². The molecular weight excluding hydrogens is 328 g/mol. The van der Waals surface area contributed by atoms with Crippen LogP contribution in [0.5, 0.6) is 11.5 Å². The molecule has 2 aromatic rings. The number of carbonyl (C=O) groups is 1. The number of rotatable bonds is 6.